The molecule has 2 aliphatic rings. The molecule has 2 saturated heterocycles. The van der Waals surface area contributed by atoms with Gasteiger partial charge in [0.15, 0.2) is 14.9 Å². The first-order valence-corrected chi connectivity index (χ1v) is 11.3. The Morgan fingerprint density at radius 2 is 1.55 bits per heavy atom. The second-order valence-corrected chi connectivity index (χ2v) is 8.90. The molecule has 0 radical (unpaired) electrons. The zero-order valence-electron chi connectivity index (χ0n) is 16.2. The molecule has 2 aromatic heterocycles. The zero-order chi connectivity index (χ0) is 20.4. The molecule has 2 aliphatic heterocycles. The summed E-state index contributed by atoms with van der Waals surface area (Å²) < 4.78 is 35.6. The van der Waals surface area contributed by atoms with Crippen LogP contribution in [0.5, 0.6) is 0 Å². The molecular formula is C18H24N6O4S. The van der Waals surface area contributed by atoms with E-state index >= 15 is 0 Å². The lowest BCUT2D eigenvalue weighted by Gasteiger charge is -2.31. The summed E-state index contributed by atoms with van der Waals surface area (Å²) in [6.07, 6.45) is 1.12. The van der Waals surface area contributed by atoms with Crippen molar-refractivity contribution in [2.24, 2.45) is 0 Å². The maximum absolute atomic E-state index is 12.3. The van der Waals surface area contributed by atoms with Gasteiger partial charge in [0.1, 0.15) is 11.6 Å². The van der Waals surface area contributed by atoms with Gasteiger partial charge in [-0.05, 0) is 12.1 Å². The van der Waals surface area contributed by atoms with Crippen LogP contribution in [0.4, 0.5) is 17.6 Å². The van der Waals surface area contributed by atoms with E-state index in [4.69, 9.17) is 20.2 Å². The molecule has 156 valence electrons. The van der Waals surface area contributed by atoms with Crippen LogP contribution < -0.4 is 15.5 Å². The molecule has 0 aliphatic carbocycles. The van der Waals surface area contributed by atoms with Gasteiger partial charge in [0.2, 0.25) is 5.95 Å². The van der Waals surface area contributed by atoms with E-state index in [9.17, 15) is 8.42 Å². The number of nitrogen functional groups attached to an aromatic ring is 1. The normalized spacial score (nSPS) is 18.1. The Morgan fingerprint density at radius 1 is 0.931 bits per heavy atom. The minimum Gasteiger partial charge on any atom is -0.384 e. The minimum absolute atomic E-state index is 0.0861. The molecule has 2 N–H and O–H groups in total. The second kappa shape index (κ2) is 8.09. The number of nitrogens with two attached hydrogens (primary N) is 1. The molecule has 0 atom stereocenters. The number of morpholine rings is 2. The highest BCUT2D eigenvalue weighted by Gasteiger charge is 2.23. The van der Waals surface area contributed by atoms with Gasteiger partial charge in [-0.15, -0.1) is 0 Å². The fraction of sp³-hybridized carbons (Fsp3) is 0.500. The van der Waals surface area contributed by atoms with Gasteiger partial charge >= 0.3 is 0 Å². The van der Waals surface area contributed by atoms with E-state index in [1.807, 2.05) is 4.90 Å². The first-order valence-electron chi connectivity index (χ1n) is 9.43. The molecule has 0 spiro atoms. The highest BCUT2D eigenvalue weighted by Crippen LogP contribution is 2.30. The number of aromatic nitrogens is 3. The first-order chi connectivity index (χ1) is 13.9. The average molecular weight is 420 g/mol. The van der Waals surface area contributed by atoms with E-state index in [-0.39, 0.29) is 10.8 Å². The average Bonchev–Trinajstić information content (AvgIpc) is 2.74. The van der Waals surface area contributed by atoms with Crippen LogP contribution in [0.15, 0.2) is 23.2 Å². The molecule has 0 amide bonds. The van der Waals surface area contributed by atoms with Crippen molar-refractivity contribution in [2.75, 3.05) is 74.4 Å². The second-order valence-electron chi connectivity index (χ2n) is 6.97. The largest absolute Gasteiger partial charge is 0.384 e. The smallest absolute Gasteiger partial charge is 0.228 e. The maximum Gasteiger partial charge on any atom is 0.228 e. The number of hydrogen-bond acceptors (Lipinski definition) is 10. The van der Waals surface area contributed by atoms with Crippen molar-refractivity contribution in [3.63, 3.8) is 0 Å². The van der Waals surface area contributed by atoms with Crippen LogP contribution in [0.2, 0.25) is 0 Å². The Balaban J connectivity index is 1.84. The Morgan fingerprint density at radius 3 is 2.17 bits per heavy atom. The summed E-state index contributed by atoms with van der Waals surface area (Å²) in [5, 5.41) is -0.0861. The highest BCUT2D eigenvalue weighted by molar-refractivity contribution is 7.90. The number of pyridine rings is 1. The van der Waals surface area contributed by atoms with Crippen LogP contribution in [-0.2, 0) is 19.3 Å². The fourth-order valence-corrected chi connectivity index (χ4v) is 4.19. The Labute approximate surface area is 169 Å². The van der Waals surface area contributed by atoms with Gasteiger partial charge in [-0.1, -0.05) is 0 Å². The number of nitrogens with zero attached hydrogens (tertiary/aromatic N) is 5. The molecule has 29 heavy (non-hydrogen) atoms. The van der Waals surface area contributed by atoms with E-state index < -0.39 is 9.84 Å². The summed E-state index contributed by atoms with van der Waals surface area (Å²) >= 11 is 0. The zero-order valence-corrected chi connectivity index (χ0v) is 17.1. The molecule has 2 fully saturated rings. The van der Waals surface area contributed by atoms with Gasteiger partial charge in [0.05, 0.1) is 32.1 Å². The third kappa shape index (κ3) is 4.41. The van der Waals surface area contributed by atoms with Crippen molar-refractivity contribution in [1.29, 1.82) is 0 Å². The molecule has 10 nitrogen and oxygen atoms in total. The van der Waals surface area contributed by atoms with E-state index in [1.165, 1.54) is 0 Å². The number of ether oxygens (including phenoxy) is 2. The van der Waals surface area contributed by atoms with Gasteiger partial charge in [-0.2, -0.15) is 4.98 Å². The van der Waals surface area contributed by atoms with Crippen molar-refractivity contribution < 1.29 is 17.9 Å². The summed E-state index contributed by atoms with van der Waals surface area (Å²) in [4.78, 5) is 17.7. The summed E-state index contributed by atoms with van der Waals surface area (Å²) in [5.74, 6) is 1.42. The molecule has 4 heterocycles. The van der Waals surface area contributed by atoms with E-state index in [0.29, 0.717) is 69.8 Å². The van der Waals surface area contributed by atoms with Crippen molar-refractivity contribution in [2.45, 2.75) is 5.03 Å². The molecule has 4 rings (SSSR count). The van der Waals surface area contributed by atoms with Crippen molar-refractivity contribution >= 4 is 27.4 Å². The maximum atomic E-state index is 12.3. The lowest BCUT2D eigenvalue weighted by molar-refractivity contribution is 0.121. The monoisotopic (exact) mass is 420 g/mol. The van der Waals surface area contributed by atoms with Gasteiger partial charge in [0, 0.05) is 44.1 Å². The number of rotatable bonds is 4. The quantitative estimate of drug-likeness (QED) is 0.733. The standard InChI is InChI=1S/C18H24N6O4S/c1-29(25,26)17-13(2-3-15(19)21-17)14-12-16(23-4-8-27-9-5-23)22-18(20-14)24-6-10-28-11-7-24/h2-3,12H,4-11H2,1H3,(H2,19,21). The summed E-state index contributed by atoms with van der Waals surface area (Å²) in [6.45, 7) is 5.18. The lowest BCUT2D eigenvalue weighted by atomic mass is 10.2. The predicted octanol–water partition coefficient (Wildman–Crippen LogP) is 0.198. The topological polar surface area (TPSA) is 124 Å². The van der Waals surface area contributed by atoms with Crippen molar-refractivity contribution in [3.05, 3.63) is 18.2 Å². The summed E-state index contributed by atoms with van der Waals surface area (Å²) in [5.41, 5.74) is 6.65. The van der Waals surface area contributed by atoms with Gasteiger partial charge in [-0.25, -0.2) is 18.4 Å². The van der Waals surface area contributed by atoms with Crippen LogP contribution in [0.25, 0.3) is 11.3 Å². The van der Waals surface area contributed by atoms with E-state index in [1.54, 1.807) is 18.2 Å². The first kappa shape index (κ1) is 19.8. The molecule has 0 unspecified atom stereocenters. The lowest BCUT2D eigenvalue weighted by Crippen LogP contribution is -2.39. The number of anilines is 3. The van der Waals surface area contributed by atoms with E-state index in [2.05, 4.69) is 14.9 Å². The third-order valence-electron chi connectivity index (χ3n) is 4.84. The highest BCUT2D eigenvalue weighted by atomic mass is 32.2. The van der Waals surface area contributed by atoms with Crippen LogP contribution in [0.3, 0.4) is 0 Å². The Hall–Kier alpha value is -2.50. The van der Waals surface area contributed by atoms with E-state index in [0.717, 1.165) is 12.1 Å². The van der Waals surface area contributed by atoms with Crippen LogP contribution >= 0.6 is 0 Å². The van der Waals surface area contributed by atoms with Crippen molar-refractivity contribution in [1.82, 2.24) is 15.0 Å². The molecule has 11 heteroatoms. The van der Waals surface area contributed by atoms with Gasteiger partial charge in [0.25, 0.3) is 0 Å². The Kier molecular flexibility index (Phi) is 5.52. The number of sulfone groups is 1. The SMILES string of the molecule is CS(=O)(=O)c1nc(N)ccc1-c1cc(N2CCOCC2)nc(N2CCOCC2)n1. The third-order valence-corrected chi connectivity index (χ3v) is 5.85. The van der Waals surface area contributed by atoms with Crippen molar-refractivity contribution in [3.8, 4) is 11.3 Å². The Bertz CT molecular complexity index is 952. The minimum atomic E-state index is -3.60. The molecule has 0 bridgehead atoms. The van der Waals surface area contributed by atoms with Gasteiger partial charge in [-0.3, -0.25) is 0 Å². The molecule has 2 aromatic rings. The van der Waals surface area contributed by atoms with Crippen LogP contribution in [0, 0.1) is 0 Å². The predicted molar refractivity (Wildman–Crippen MR) is 109 cm³/mol. The molecular weight excluding hydrogens is 396 g/mol. The van der Waals surface area contributed by atoms with Gasteiger partial charge < -0.3 is 25.0 Å². The summed E-state index contributed by atoms with van der Waals surface area (Å²) in [7, 11) is -3.60. The van der Waals surface area contributed by atoms with Crippen LogP contribution in [0.1, 0.15) is 0 Å². The number of hydrogen-bond donors (Lipinski definition) is 1. The molecule has 0 aromatic carbocycles. The molecule has 0 saturated carbocycles. The summed E-state index contributed by atoms with van der Waals surface area (Å²) in [6, 6.07) is 5.03. The van der Waals surface area contributed by atoms with Crippen LogP contribution in [-0.4, -0.2) is 82.2 Å². The fourth-order valence-electron chi connectivity index (χ4n) is 3.35.